The van der Waals surface area contributed by atoms with Crippen LogP contribution in [0.25, 0.3) is 0 Å². The highest BCUT2D eigenvalue weighted by atomic mass is 32.2. The van der Waals surface area contributed by atoms with E-state index in [1.807, 2.05) is 0 Å². The zero-order chi connectivity index (χ0) is 21.3. The monoisotopic (exact) mass is 438 g/mol. The summed E-state index contributed by atoms with van der Waals surface area (Å²) in [5.74, 6) is -0.945. The van der Waals surface area contributed by atoms with Crippen molar-refractivity contribution in [3.05, 3.63) is 52.8 Å². The predicted octanol–water partition coefficient (Wildman–Crippen LogP) is 2.34. The van der Waals surface area contributed by atoms with Crippen molar-refractivity contribution in [1.29, 1.82) is 0 Å². The van der Waals surface area contributed by atoms with Crippen LogP contribution in [0.4, 0.5) is 10.1 Å². The van der Waals surface area contributed by atoms with E-state index in [1.54, 1.807) is 26.0 Å². The maximum absolute atomic E-state index is 13.9. The van der Waals surface area contributed by atoms with Crippen molar-refractivity contribution in [3.63, 3.8) is 0 Å². The molecule has 1 atom stereocenters. The number of carbonyl (C=O) groups is 1. The summed E-state index contributed by atoms with van der Waals surface area (Å²) < 4.78 is 41.3. The Hall–Kier alpha value is -1.86. The Kier molecular flexibility index (Phi) is 6.39. The number of sulfonamides is 1. The van der Waals surface area contributed by atoms with Gasteiger partial charge in [0.15, 0.2) is 0 Å². The molecule has 1 saturated heterocycles. The van der Waals surface area contributed by atoms with Crippen molar-refractivity contribution in [2.75, 3.05) is 18.4 Å². The van der Waals surface area contributed by atoms with Crippen LogP contribution in [0.3, 0.4) is 0 Å². The Morgan fingerprint density at radius 2 is 1.86 bits per heavy atom. The van der Waals surface area contributed by atoms with E-state index in [1.165, 1.54) is 22.5 Å². The molecule has 3 rings (SSSR count). The van der Waals surface area contributed by atoms with Gasteiger partial charge in [0.2, 0.25) is 10.0 Å². The lowest BCUT2D eigenvalue weighted by Crippen LogP contribution is -2.41. The molecule has 1 aliphatic heterocycles. The first-order valence-electron chi connectivity index (χ1n) is 9.25. The maximum atomic E-state index is 13.9. The third-order valence-electron chi connectivity index (χ3n) is 5.18. The van der Waals surface area contributed by atoms with Gasteiger partial charge in [-0.25, -0.2) is 12.8 Å². The minimum absolute atomic E-state index is 0.0257. The summed E-state index contributed by atoms with van der Waals surface area (Å²) >= 11 is 0. The number of carbonyl (C=O) groups excluding carboxylic acids is 1. The van der Waals surface area contributed by atoms with E-state index in [-0.39, 0.29) is 23.5 Å². The van der Waals surface area contributed by atoms with E-state index >= 15 is 0 Å². The Balaban J connectivity index is 1.87. The molecule has 29 heavy (non-hydrogen) atoms. The topological polar surface area (TPSA) is 86.7 Å². The summed E-state index contributed by atoms with van der Waals surface area (Å²) in [5, 5.41) is 12.7. The average molecular weight is 438 g/mol. The van der Waals surface area contributed by atoms with E-state index < -0.39 is 27.9 Å². The molecule has 2 aromatic carbocycles. The fraction of sp³-hybridized carbons (Fsp3) is 0.350. The van der Waals surface area contributed by atoms with Crippen LogP contribution in [-0.4, -0.2) is 42.9 Å². The Morgan fingerprint density at radius 1 is 1.21 bits per heavy atom. The highest BCUT2D eigenvalue weighted by molar-refractivity contribution is 7.89. The van der Waals surface area contributed by atoms with Crippen LogP contribution in [0.5, 0.6) is 0 Å². The standard InChI is InChI=1S/C20H24FN2O4PS/c1-12-9-15(11-17(21)13(12)2)22-20(25)14-3-4-18(28)19(10-14)29(26,27)23-7-5-16(24)6-8-23/h3-4,9-11,16,24H,5-8,28H2,1-2H3,(H,22,25). The molecule has 0 radical (unpaired) electrons. The number of nitrogens with one attached hydrogen (secondary N) is 1. The number of aliphatic hydroxyl groups excluding tert-OH is 1. The fourth-order valence-corrected chi connectivity index (χ4v) is 5.45. The third kappa shape index (κ3) is 4.67. The second kappa shape index (κ2) is 8.48. The lowest BCUT2D eigenvalue weighted by atomic mass is 10.1. The van der Waals surface area contributed by atoms with E-state index in [0.717, 1.165) is 0 Å². The first-order chi connectivity index (χ1) is 13.6. The molecule has 2 aromatic rings. The SMILES string of the molecule is Cc1cc(NC(=O)c2ccc(P)c(S(=O)(=O)N3CCC(O)CC3)c2)cc(F)c1C. The summed E-state index contributed by atoms with van der Waals surface area (Å²) in [6.45, 7) is 3.86. The molecule has 2 N–H and O–H groups in total. The minimum atomic E-state index is -3.80. The number of hydrogen-bond donors (Lipinski definition) is 2. The Labute approximate surface area is 172 Å². The molecule has 1 amide bonds. The summed E-state index contributed by atoms with van der Waals surface area (Å²) in [7, 11) is -1.43. The lowest BCUT2D eigenvalue weighted by molar-refractivity contribution is 0.102. The average Bonchev–Trinajstić information content (AvgIpc) is 2.66. The molecular weight excluding hydrogens is 414 g/mol. The summed E-state index contributed by atoms with van der Waals surface area (Å²) in [6, 6.07) is 7.30. The highest BCUT2D eigenvalue weighted by Crippen LogP contribution is 2.23. The number of amides is 1. The first kappa shape index (κ1) is 21.8. The number of piperidine rings is 1. The molecule has 0 spiro atoms. The number of aryl methyl sites for hydroxylation is 1. The van der Waals surface area contributed by atoms with Crippen LogP contribution < -0.4 is 10.6 Å². The van der Waals surface area contributed by atoms with Crippen molar-refractivity contribution in [2.24, 2.45) is 0 Å². The number of nitrogens with zero attached hydrogens (tertiary/aromatic N) is 1. The van der Waals surface area contributed by atoms with Crippen molar-refractivity contribution in [2.45, 2.75) is 37.7 Å². The van der Waals surface area contributed by atoms with Gasteiger partial charge in [0, 0.05) is 24.3 Å². The van der Waals surface area contributed by atoms with Crippen molar-refractivity contribution >= 4 is 36.2 Å². The third-order valence-corrected chi connectivity index (χ3v) is 7.85. The maximum Gasteiger partial charge on any atom is 0.255 e. The number of rotatable bonds is 4. The lowest BCUT2D eigenvalue weighted by Gasteiger charge is -2.29. The van der Waals surface area contributed by atoms with Crippen LogP contribution >= 0.6 is 9.24 Å². The molecule has 156 valence electrons. The number of anilines is 1. The smallest absolute Gasteiger partial charge is 0.255 e. The number of hydrogen-bond acceptors (Lipinski definition) is 4. The van der Waals surface area contributed by atoms with Crippen LogP contribution in [0, 0.1) is 19.7 Å². The zero-order valence-electron chi connectivity index (χ0n) is 16.3. The Morgan fingerprint density at radius 3 is 2.48 bits per heavy atom. The highest BCUT2D eigenvalue weighted by Gasteiger charge is 2.30. The number of benzene rings is 2. The van der Waals surface area contributed by atoms with Crippen LogP contribution in [0.2, 0.25) is 0 Å². The van der Waals surface area contributed by atoms with Crippen molar-refractivity contribution < 1.29 is 22.7 Å². The van der Waals surface area contributed by atoms with Gasteiger partial charge in [-0.2, -0.15) is 4.31 Å². The molecule has 0 bridgehead atoms. The van der Waals surface area contributed by atoms with Gasteiger partial charge >= 0.3 is 0 Å². The predicted molar refractivity (Wildman–Crippen MR) is 114 cm³/mol. The molecule has 1 fully saturated rings. The molecule has 0 saturated carbocycles. The largest absolute Gasteiger partial charge is 0.393 e. The van der Waals surface area contributed by atoms with E-state index in [4.69, 9.17) is 0 Å². The number of halogens is 1. The summed E-state index contributed by atoms with van der Waals surface area (Å²) in [5.41, 5.74) is 1.68. The van der Waals surface area contributed by atoms with Gasteiger partial charge in [-0.05, 0) is 67.4 Å². The zero-order valence-corrected chi connectivity index (χ0v) is 18.2. The van der Waals surface area contributed by atoms with E-state index in [2.05, 4.69) is 14.6 Å². The summed E-state index contributed by atoms with van der Waals surface area (Å²) in [4.78, 5) is 12.7. The summed E-state index contributed by atoms with van der Waals surface area (Å²) in [6.07, 6.45) is 0.265. The van der Waals surface area contributed by atoms with Gasteiger partial charge in [-0.3, -0.25) is 4.79 Å². The van der Waals surface area contributed by atoms with Gasteiger partial charge < -0.3 is 10.4 Å². The van der Waals surface area contributed by atoms with Crippen molar-refractivity contribution in [3.8, 4) is 0 Å². The van der Waals surface area contributed by atoms with Crippen LogP contribution in [0.1, 0.15) is 34.3 Å². The van der Waals surface area contributed by atoms with Gasteiger partial charge in [0.05, 0.1) is 11.0 Å². The van der Waals surface area contributed by atoms with Gasteiger partial charge in [-0.1, -0.05) is 6.07 Å². The first-order valence-corrected chi connectivity index (χ1v) is 11.3. The molecule has 9 heteroatoms. The fourth-order valence-electron chi connectivity index (χ4n) is 3.21. The molecule has 1 heterocycles. The molecule has 1 unspecified atom stereocenters. The minimum Gasteiger partial charge on any atom is -0.393 e. The van der Waals surface area contributed by atoms with Crippen LogP contribution in [0.15, 0.2) is 35.2 Å². The van der Waals surface area contributed by atoms with E-state index in [0.29, 0.717) is 35.0 Å². The molecule has 0 aliphatic carbocycles. The molecule has 0 aromatic heterocycles. The van der Waals surface area contributed by atoms with Gasteiger partial charge in [0.1, 0.15) is 5.82 Å². The Bertz CT molecular complexity index is 1030. The van der Waals surface area contributed by atoms with Gasteiger partial charge in [-0.15, -0.1) is 9.24 Å². The molecule has 1 aliphatic rings. The number of aliphatic hydroxyl groups is 1. The second-order valence-corrected chi connectivity index (χ2v) is 9.77. The van der Waals surface area contributed by atoms with E-state index in [9.17, 15) is 22.7 Å². The quantitative estimate of drug-likeness (QED) is 0.718. The normalized spacial score (nSPS) is 16.0. The van der Waals surface area contributed by atoms with Crippen molar-refractivity contribution in [1.82, 2.24) is 4.31 Å². The molecular formula is C20H24FN2O4PS. The van der Waals surface area contributed by atoms with Gasteiger partial charge in [0.25, 0.3) is 5.91 Å². The molecule has 6 nitrogen and oxygen atoms in total. The van der Waals surface area contributed by atoms with Crippen LogP contribution in [-0.2, 0) is 10.0 Å². The second-order valence-electron chi connectivity index (χ2n) is 7.24.